The van der Waals surface area contributed by atoms with Crippen molar-refractivity contribution in [3.63, 3.8) is 0 Å². The lowest BCUT2D eigenvalue weighted by Gasteiger charge is -2.22. The number of aryl methyl sites for hydroxylation is 1. The first kappa shape index (κ1) is 15.5. The van der Waals surface area contributed by atoms with Crippen molar-refractivity contribution in [3.8, 4) is 0 Å². The van der Waals surface area contributed by atoms with Crippen LogP contribution in [0.5, 0.6) is 0 Å². The fourth-order valence-electron chi connectivity index (χ4n) is 3.21. The van der Waals surface area contributed by atoms with Gasteiger partial charge in [-0.1, -0.05) is 29.8 Å². The fourth-order valence-corrected chi connectivity index (χ4v) is 3.21. The van der Waals surface area contributed by atoms with E-state index in [1.165, 1.54) is 0 Å². The maximum atomic E-state index is 12.5. The first-order chi connectivity index (χ1) is 11.0. The Labute approximate surface area is 135 Å². The number of benzene rings is 1. The third-order valence-corrected chi connectivity index (χ3v) is 4.63. The smallest absolute Gasteiger partial charge is 0.247 e. The molecule has 0 aromatic heterocycles. The molecule has 1 aliphatic heterocycles. The first-order valence-electron chi connectivity index (χ1n) is 7.88. The number of amides is 3. The minimum Gasteiger partial charge on any atom is -0.324 e. The van der Waals surface area contributed by atoms with Crippen molar-refractivity contribution in [3.05, 3.63) is 42.0 Å². The van der Waals surface area contributed by atoms with Gasteiger partial charge < -0.3 is 5.32 Å². The summed E-state index contributed by atoms with van der Waals surface area (Å²) in [6.45, 7) is 3.57. The van der Waals surface area contributed by atoms with Crippen LogP contribution in [0.1, 0.15) is 25.3 Å². The number of nitrogens with one attached hydrogen (secondary N) is 1. The molecule has 2 aliphatic rings. The maximum absolute atomic E-state index is 12.5. The van der Waals surface area contributed by atoms with E-state index in [-0.39, 0.29) is 29.6 Å². The van der Waals surface area contributed by atoms with E-state index in [0.29, 0.717) is 18.5 Å². The van der Waals surface area contributed by atoms with Crippen molar-refractivity contribution in [1.82, 2.24) is 4.90 Å². The number of carbonyl (C=O) groups is 3. The summed E-state index contributed by atoms with van der Waals surface area (Å²) in [5.41, 5.74) is 1.75. The van der Waals surface area contributed by atoms with Gasteiger partial charge in [-0.05, 0) is 38.8 Å². The number of rotatable bonds is 3. The summed E-state index contributed by atoms with van der Waals surface area (Å²) >= 11 is 0. The van der Waals surface area contributed by atoms with Crippen LogP contribution >= 0.6 is 0 Å². The summed E-state index contributed by atoms with van der Waals surface area (Å²) in [5, 5.41) is 2.77. The van der Waals surface area contributed by atoms with Gasteiger partial charge in [-0.3, -0.25) is 19.3 Å². The molecule has 0 bridgehead atoms. The average molecular weight is 312 g/mol. The Hall–Kier alpha value is -2.43. The molecule has 5 nitrogen and oxygen atoms in total. The summed E-state index contributed by atoms with van der Waals surface area (Å²) in [4.78, 5) is 38.5. The number of nitrogens with zero attached hydrogens (tertiary/aromatic N) is 1. The van der Waals surface area contributed by atoms with Crippen molar-refractivity contribution in [2.24, 2.45) is 11.8 Å². The highest BCUT2D eigenvalue weighted by molar-refractivity contribution is 6.10. The van der Waals surface area contributed by atoms with Gasteiger partial charge in [-0.2, -0.15) is 0 Å². The average Bonchev–Trinajstić information content (AvgIpc) is 2.81. The molecule has 1 N–H and O–H groups in total. The van der Waals surface area contributed by atoms with Crippen LogP contribution in [0.15, 0.2) is 36.4 Å². The summed E-state index contributed by atoms with van der Waals surface area (Å²) in [7, 11) is 0. The van der Waals surface area contributed by atoms with E-state index in [9.17, 15) is 14.4 Å². The first-order valence-corrected chi connectivity index (χ1v) is 7.88. The van der Waals surface area contributed by atoms with Crippen LogP contribution in [0.25, 0.3) is 0 Å². The molecule has 0 unspecified atom stereocenters. The van der Waals surface area contributed by atoms with Gasteiger partial charge in [0.2, 0.25) is 17.7 Å². The molecule has 1 heterocycles. The molecule has 1 aromatic carbocycles. The zero-order chi connectivity index (χ0) is 16.6. The quantitative estimate of drug-likeness (QED) is 0.688. The Kier molecular flexibility index (Phi) is 4.03. The van der Waals surface area contributed by atoms with Gasteiger partial charge in [0.25, 0.3) is 0 Å². The molecular weight excluding hydrogens is 292 g/mol. The van der Waals surface area contributed by atoms with Crippen molar-refractivity contribution < 1.29 is 14.4 Å². The van der Waals surface area contributed by atoms with Crippen LogP contribution in [0.3, 0.4) is 0 Å². The molecule has 1 saturated heterocycles. The normalized spacial score (nSPS) is 24.5. The molecule has 5 heteroatoms. The molecule has 3 atom stereocenters. The maximum Gasteiger partial charge on any atom is 0.247 e. The SMILES string of the molecule is Cc1ccc(NC(=O)[C@H](C)N2C(=O)[C@H]3CC=CC[C@H]3C2=O)cc1. The van der Waals surface area contributed by atoms with E-state index < -0.39 is 6.04 Å². The fraction of sp³-hybridized carbons (Fsp3) is 0.389. The number of fused-ring (bicyclic) bond motifs is 1. The second-order valence-electron chi connectivity index (χ2n) is 6.23. The highest BCUT2D eigenvalue weighted by atomic mass is 16.2. The van der Waals surface area contributed by atoms with Gasteiger partial charge >= 0.3 is 0 Å². The largest absolute Gasteiger partial charge is 0.324 e. The number of allylic oxidation sites excluding steroid dienone is 2. The number of likely N-dealkylation sites (tertiary alicyclic amines) is 1. The molecule has 1 fully saturated rings. The molecule has 120 valence electrons. The second kappa shape index (κ2) is 5.99. The monoisotopic (exact) mass is 312 g/mol. The van der Waals surface area contributed by atoms with Crippen LogP contribution in [0, 0.1) is 18.8 Å². The lowest BCUT2D eigenvalue weighted by atomic mass is 9.85. The van der Waals surface area contributed by atoms with E-state index in [2.05, 4.69) is 5.32 Å². The van der Waals surface area contributed by atoms with Crippen LogP contribution in [-0.4, -0.2) is 28.7 Å². The Balaban J connectivity index is 1.73. The molecule has 3 amide bonds. The van der Waals surface area contributed by atoms with E-state index in [0.717, 1.165) is 10.5 Å². The van der Waals surface area contributed by atoms with E-state index in [1.54, 1.807) is 19.1 Å². The van der Waals surface area contributed by atoms with Crippen molar-refractivity contribution >= 4 is 23.4 Å². The Morgan fingerprint density at radius 3 is 2.13 bits per heavy atom. The standard InChI is InChI=1S/C18H20N2O3/c1-11-7-9-13(10-8-11)19-16(21)12(2)20-17(22)14-5-3-4-6-15(14)18(20)23/h3-4,7-10,12,14-15H,5-6H2,1-2H3,(H,19,21)/t12-,14-,15+/m0/s1. The molecule has 0 saturated carbocycles. The van der Waals surface area contributed by atoms with Crippen molar-refractivity contribution in [1.29, 1.82) is 0 Å². The predicted octanol–water partition coefficient (Wildman–Crippen LogP) is 2.27. The summed E-state index contributed by atoms with van der Waals surface area (Å²) < 4.78 is 0. The Morgan fingerprint density at radius 1 is 1.09 bits per heavy atom. The van der Waals surface area contributed by atoms with Crippen molar-refractivity contribution in [2.75, 3.05) is 5.32 Å². The zero-order valence-corrected chi connectivity index (χ0v) is 13.3. The molecule has 0 spiro atoms. The van der Waals surface area contributed by atoms with Crippen LogP contribution in [0.4, 0.5) is 5.69 Å². The molecule has 0 radical (unpaired) electrons. The van der Waals surface area contributed by atoms with Gasteiger partial charge in [-0.25, -0.2) is 0 Å². The van der Waals surface area contributed by atoms with Crippen LogP contribution in [0.2, 0.25) is 0 Å². The van der Waals surface area contributed by atoms with Crippen LogP contribution < -0.4 is 5.32 Å². The molecule has 3 rings (SSSR count). The number of hydrogen-bond donors (Lipinski definition) is 1. The number of anilines is 1. The predicted molar refractivity (Wildman–Crippen MR) is 86.5 cm³/mol. The zero-order valence-electron chi connectivity index (χ0n) is 13.3. The molecular formula is C18H20N2O3. The Morgan fingerprint density at radius 2 is 1.61 bits per heavy atom. The van der Waals surface area contributed by atoms with E-state index in [4.69, 9.17) is 0 Å². The van der Waals surface area contributed by atoms with Crippen LogP contribution in [-0.2, 0) is 14.4 Å². The van der Waals surface area contributed by atoms with Gasteiger partial charge in [0.1, 0.15) is 6.04 Å². The van der Waals surface area contributed by atoms with E-state index in [1.807, 2.05) is 31.2 Å². The summed E-state index contributed by atoms with van der Waals surface area (Å²) in [6, 6.07) is 6.59. The van der Waals surface area contributed by atoms with Crippen molar-refractivity contribution in [2.45, 2.75) is 32.7 Å². The minimum atomic E-state index is -0.804. The number of carbonyl (C=O) groups excluding carboxylic acids is 3. The topological polar surface area (TPSA) is 66.5 Å². The Bertz CT molecular complexity index is 652. The third-order valence-electron chi connectivity index (χ3n) is 4.63. The lowest BCUT2D eigenvalue weighted by molar-refractivity contribution is -0.146. The van der Waals surface area contributed by atoms with Gasteiger partial charge in [0, 0.05) is 5.69 Å². The third kappa shape index (κ3) is 2.79. The highest BCUT2D eigenvalue weighted by Gasteiger charge is 2.50. The second-order valence-corrected chi connectivity index (χ2v) is 6.23. The van der Waals surface area contributed by atoms with Gasteiger partial charge in [0.05, 0.1) is 11.8 Å². The number of imide groups is 1. The van der Waals surface area contributed by atoms with Gasteiger partial charge in [0.15, 0.2) is 0 Å². The highest BCUT2D eigenvalue weighted by Crippen LogP contribution is 2.36. The molecule has 1 aliphatic carbocycles. The number of hydrogen-bond acceptors (Lipinski definition) is 3. The summed E-state index contributed by atoms with van der Waals surface area (Å²) in [6.07, 6.45) is 5.04. The molecule has 1 aromatic rings. The molecule has 23 heavy (non-hydrogen) atoms. The van der Waals surface area contributed by atoms with Gasteiger partial charge in [-0.15, -0.1) is 0 Å². The lowest BCUT2D eigenvalue weighted by Crippen LogP contribution is -2.46. The van der Waals surface area contributed by atoms with E-state index >= 15 is 0 Å². The minimum absolute atomic E-state index is 0.226. The summed E-state index contributed by atoms with van der Waals surface area (Å²) in [5.74, 6) is -1.40.